The van der Waals surface area contributed by atoms with E-state index in [2.05, 4.69) is 22.4 Å². The lowest BCUT2D eigenvalue weighted by molar-refractivity contribution is 0.0955. The molecule has 1 aromatic heterocycles. The number of nitrogens with one attached hydrogen (secondary N) is 1. The molecule has 0 radical (unpaired) electrons. The molecule has 1 heterocycles. The summed E-state index contributed by atoms with van der Waals surface area (Å²) in [6, 6.07) is 24.8. The molecule has 3 aromatic carbocycles. The van der Waals surface area contributed by atoms with Gasteiger partial charge in [0.15, 0.2) is 0 Å². The van der Waals surface area contributed by atoms with Crippen molar-refractivity contribution in [3.05, 3.63) is 102 Å². The summed E-state index contributed by atoms with van der Waals surface area (Å²) in [6.07, 6.45) is 10.8. The number of ether oxygens (including phenoxy) is 2. The molecule has 0 spiro atoms. The zero-order valence-electron chi connectivity index (χ0n) is 21.9. The summed E-state index contributed by atoms with van der Waals surface area (Å²) in [5.74, 6) is 1.31. The molecule has 0 aliphatic carbocycles. The summed E-state index contributed by atoms with van der Waals surface area (Å²) in [6.45, 7) is 3.35. The standard InChI is InChI=1S/C32H35N3O3/c1-2-3-4-5-6-7-22-37-29-19-15-25(16-20-29)23-34-35-32(36)28-17-13-26(14-18-28)24-38-30-12-8-10-27-11-9-21-33-31(27)30/h8-21,23H,2-7,22,24H2,1H3,(H,35,36)/b34-23-. The number of benzene rings is 3. The zero-order valence-corrected chi connectivity index (χ0v) is 21.9. The van der Waals surface area contributed by atoms with Crippen molar-refractivity contribution in [3.63, 3.8) is 0 Å². The largest absolute Gasteiger partial charge is 0.494 e. The fraction of sp³-hybridized carbons (Fsp3) is 0.281. The number of carbonyl (C=O) groups excluding carboxylic acids is 1. The van der Waals surface area contributed by atoms with Crippen molar-refractivity contribution in [2.24, 2.45) is 5.10 Å². The van der Waals surface area contributed by atoms with E-state index in [0.29, 0.717) is 12.2 Å². The molecule has 1 N–H and O–H groups in total. The molecular weight excluding hydrogens is 474 g/mol. The van der Waals surface area contributed by atoms with Crippen LogP contribution in [0.4, 0.5) is 0 Å². The third-order valence-corrected chi connectivity index (χ3v) is 6.23. The fourth-order valence-electron chi connectivity index (χ4n) is 4.06. The first-order valence-electron chi connectivity index (χ1n) is 13.3. The highest BCUT2D eigenvalue weighted by Crippen LogP contribution is 2.24. The van der Waals surface area contributed by atoms with Gasteiger partial charge in [0, 0.05) is 17.1 Å². The molecule has 38 heavy (non-hydrogen) atoms. The van der Waals surface area contributed by atoms with Gasteiger partial charge in [0.1, 0.15) is 23.6 Å². The van der Waals surface area contributed by atoms with Crippen molar-refractivity contribution >= 4 is 23.0 Å². The topological polar surface area (TPSA) is 72.8 Å². The van der Waals surface area contributed by atoms with Gasteiger partial charge in [0.05, 0.1) is 12.8 Å². The smallest absolute Gasteiger partial charge is 0.271 e. The second kappa shape index (κ2) is 14.5. The molecule has 4 rings (SSSR count). The molecule has 0 saturated carbocycles. The van der Waals surface area contributed by atoms with Crippen molar-refractivity contribution in [2.45, 2.75) is 52.1 Å². The van der Waals surface area contributed by atoms with Gasteiger partial charge in [-0.05, 0) is 66.1 Å². The van der Waals surface area contributed by atoms with Crippen molar-refractivity contribution in [1.82, 2.24) is 10.4 Å². The van der Waals surface area contributed by atoms with Crippen LogP contribution < -0.4 is 14.9 Å². The van der Waals surface area contributed by atoms with Gasteiger partial charge in [-0.15, -0.1) is 0 Å². The van der Waals surface area contributed by atoms with Gasteiger partial charge in [-0.1, -0.05) is 69.4 Å². The first-order chi connectivity index (χ1) is 18.7. The van der Waals surface area contributed by atoms with Crippen LogP contribution in [0, 0.1) is 0 Å². The number of amides is 1. The molecule has 0 fully saturated rings. The number of nitrogens with zero attached hydrogens (tertiary/aromatic N) is 2. The van der Waals surface area contributed by atoms with E-state index in [1.165, 1.54) is 32.1 Å². The second-order valence-electron chi connectivity index (χ2n) is 9.20. The van der Waals surface area contributed by atoms with E-state index in [1.807, 2.05) is 66.7 Å². The molecule has 0 atom stereocenters. The van der Waals surface area contributed by atoms with E-state index in [1.54, 1.807) is 24.5 Å². The molecular formula is C32H35N3O3. The lowest BCUT2D eigenvalue weighted by atomic mass is 10.1. The highest BCUT2D eigenvalue weighted by atomic mass is 16.5. The van der Waals surface area contributed by atoms with E-state index in [0.717, 1.165) is 46.6 Å². The molecule has 0 unspecified atom stereocenters. The highest BCUT2D eigenvalue weighted by molar-refractivity contribution is 5.94. The van der Waals surface area contributed by atoms with Gasteiger partial charge in [-0.3, -0.25) is 9.78 Å². The Bertz CT molecular complexity index is 1310. The summed E-state index contributed by atoms with van der Waals surface area (Å²) >= 11 is 0. The van der Waals surface area contributed by atoms with Gasteiger partial charge in [-0.2, -0.15) is 5.10 Å². The summed E-state index contributed by atoms with van der Waals surface area (Å²) in [5, 5.41) is 5.12. The van der Waals surface area contributed by atoms with Crippen LogP contribution in [0.1, 0.15) is 66.9 Å². The minimum Gasteiger partial charge on any atom is -0.494 e. The summed E-state index contributed by atoms with van der Waals surface area (Å²) in [4.78, 5) is 16.9. The lowest BCUT2D eigenvalue weighted by Crippen LogP contribution is -2.17. The Labute approximate surface area is 224 Å². The monoisotopic (exact) mass is 509 g/mol. The zero-order chi connectivity index (χ0) is 26.4. The van der Waals surface area contributed by atoms with E-state index in [-0.39, 0.29) is 5.91 Å². The van der Waals surface area contributed by atoms with Gasteiger partial charge in [0.25, 0.3) is 5.91 Å². The number of aromatic nitrogens is 1. The SMILES string of the molecule is CCCCCCCCOc1ccc(/C=N\NC(=O)c2ccc(COc3cccc4cccnc34)cc2)cc1. The van der Waals surface area contributed by atoms with Gasteiger partial charge >= 0.3 is 0 Å². The Kier molecular flexibility index (Phi) is 10.3. The second-order valence-corrected chi connectivity index (χ2v) is 9.20. The molecule has 0 saturated heterocycles. The average Bonchev–Trinajstić information content (AvgIpc) is 2.96. The van der Waals surface area contributed by atoms with Crippen molar-refractivity contribution in [1.29, 1.82) is 0 Å². The van der Waals surface area contributed by atoms with E-state index < -0.39 is 0 Å². The average molecular weight is 510 g/mol. The maximum atomic E-state index is 12.5. The van der Waals surface area contributed by atoms with Gasteiger partial charge in [-0.25, -0.2) is 5.43 Å². The van der Waals surface area contributed by atoms with E-state index >= 15 is 0 Å². The molecule has 196 valence electrons. The number of carbonyl (C=O) groups is 1. The Balaban J connectivity index is 1.19. The van der Waals surface area contributed by atoms with Crippen molar-refractivity contribution in [3.8, 4) is 11.5 Å². The van der Waals surface area contributed by atoms with Crippen molar-refractivity contribution < 1.29 is 14.3 Å². The van der Waals surface area contributed by atoms with Crippen LogP contribution >= 0.6 is 0 Å². The minimum absolute atomic E-state index is 0.272. The summed E-state index contributed by atoms with van der Waals surface area (Å²) in [7, 11) is 0. The Morgan fingerprint density at radius 2 is 1.63 bits per heavy atom. The van der Waals surface area contributed by atoms with Crippen LogP contribution in [-0.2, 0) is 6.61 Å². The Morgan fingerprint density at radius 3 is 2.45 bits per heavy atom. The first-order valence-corrected chi connectivity index (χ1v) is 13.3. The summed E-state index contributed by atoms with van der Waals surface area (Å²) in [5.41, 5.74) is 5.78. The van der Waals surface area contributed by atoms with Crippen LogP contribution in [0.2, 0.25) is 0 Å². The molecule has 6 nitrogen and oxygen atoms in total. The number of hydrogen-bond acceptors (Lipinski definition) is 5. The minimum atomic E-state index is -0.272. The van der Waals surface area contributed by atoms with Crippen molar-refractivity contribution in [2.75, 3.05) is 6.61 Å². The number of para-hydroxylation sites is 1. The fourth-order valence-corrected chi connectivity index (χ4v) is 4.06. The number of fused-ring (bicyclic) bond motifs is 1. The lowest BCUT2D eigenvalue weighted by Gasteiger charge is -2.09. The predicted octanol–water partition coefficient (Wildman–Crippen LogP) is 7.32. The Hall–Kier alpha value is -4.19. The summed E-state index contributed by atoms with van der Waals surface area (Å²) < 4.78 is 11.8. The van der Waals surface area contributed by atoms with Crippen LogP contribution in [0.5, 0.6) is 11.5 Å². The quantitative estimate of drug-likeness (QED) is 0.110. The number of pyridine rings is 1. The number of hydrazone groups is 1. The molecule has 0 aliphatic heterocycles. The van der Waals surface area contributed by atoms with Gasteiger partial charge in [0.2, 0.25) is 0 Å². The normalized spacial score (nSPS) is 11.1. The molecule has 6 heteroatoms. The molecule has 1 amide bonds. The first kappa shape index (κ1) is 26.9. The maximum absolute atomic E-state index is 12.5. The number of hydrogen-bond donors (Lipinski definition) is 1. The predicted molar refractivity (Wildman–Crippen MR) is 153 cm³/mol. The van der Waals surface area contributed by atoms with Crippen LogP contribution in [0.15, 0.2) is 90.2 Å². The number of unbranched alkanes of at least 4 members (excludes halogenated alkanes) is 5. The van der Waals surface area contributed by atoms with Crippen LogP contribution in [0.3, 0.4) is 0 Å². The van der Waals surface area contributed by atoms with E-state index in [4.69, 9.17) is 9.47 Å². The maximum Gasteiger partial charge on any atom is 0.271 e. The molecule has 0 bridgehead atoms. The van der Waals surface area contributed by atoms with Crippen LogP contribution in [-0.4, -0.2) is 23.7 Å². The van der Waals surface area contributed by atoms with Gasteiger partial charge < -0.3 is 9.47 Å². The third kappa shape index (κ3) is 8.17. The molecule has 4 aromatic rings. The highest BCUT2D eigenvalue weighted by Gasteiger charge is 2.06. The Morgan fingerprint density at radius 1 is 0.868 bits per heavy atom. The number of rotatable bonds is 14. The van der Waals surface area contributed by atoms with E-state index in [9.17, 15) is 4.79 Å². The van der Waals surface area contributed by atoms with Crippen LogP contribution in [0.25, 0.3) is 10.9 Å². The molecule has 0 aliphatic rings. The third-order valence-electron chi connectivity index (χ3n) is 6.23.